The Labute approximate surface area is 186 Å². The Morgan fingerprint density at radius 2 is 1.58 bits per heavy atom. The number of nitrogens with one attached hydrogen (secondary N) is 1. The third-order valence-corrected chi connectivity index (χ3v) is 4.88. The number of carbonyl (C=O) groups is 2. The highest BCUT2D eigenvalue weighted by Gasteiger charge is 2.23. The van der Waals surface area contributed by atoms with Crippen LogP contribution in [0.4, 0.5) is 5.69 Å². The van der Waals surface area contributed by atoms with Gasteiger partial charge < -0.3 is 21.5 Å². The molecule has 1 aliphatic rings. The van der Waals surface area contributed by atoms with Gasteiger partial charge in [-0.15, -0.1) is 12.4 Å². The van der Waals surface area contributed by atoms with Crippen LogP contribution in [-0.4, -0.2) is 17.9 Å². The monoisotopic (exact) mass is 435 g/mol. The lowest BCUT2D eigenvalue weighted by Crippen LogP contribution is -2.38. The van der Waals surface area contributed by atoms with Crippen molar-refractivity contribution < 1.29 is 14.3 Å². The van der Waals surface area contributed by atoms with E-state index < -0.39 is 11.9 Å². The maximum atomic E-state index is 12.2. The van der Waals surface area contributed by atoms with Crippen LogP contribution >= 0.6 is 12.4 Å². The molecule has 0 saturated heterocycles. The summed E-state index contributed by atoms with van der Waals surface area (Å²) >= 11 is 0. The Hall–Kier alpha value is -3.61. The van der Waals surface area contributed by atoms with Crippen LogP contribution in [0.1, 0.15) is 16.7 Å². The van der Waals surface area contributed by atoms with Crippen LogP contribution < -0.4 is 21.5 Å². The number of nitrogens with two attached hydrogens (primary N) is 2. The molecule has 3 aromatic carbocycles. The zero-order valence-corrected chi connectivity index (χ0v) is 17.4. The van der Waals surface area contributed by atoms with Gasteiger partial charge in [-0.3, -0.25) is 9.59 Å². The molecule has 0 radical (unpaired) electrons. The SMILES string of the molecule is Cl.NC(=O)[C@@H](N)Cc1ccc(Oc2ccc(/C=C3/C(=O)Nc4ccccc43)cc2)cc1. The maximum Gasteiger partial charge on any atom is 0.256 e. The minimum Gasteiger partial charge on any atom is -0.457 e. The van der Waals surface area contributed by atoms with Crippen molar-refractivity contribution in [2.24, 2.45) is 11.5 Å². The van der Waals surface area contributed by atoms with Gasteiger partial charge in [0.25, 0.3) is 5.91 Å². The molecule has 158 valence electrons. The number of rotatable bonds is 6. The van der Waals surface area contributed by atoms with E-state index in [1.165, 1.54) is 0 Å². The predicted molar refractivity (Wildman–Crippen MR) is 124 cm³/mol. The van der Waals surface area contributed by atoms with Crippen molar-refractivity contribution in [2.75, 3.05) is 5.32 Å². The van der Waals surface area contributed by atoms with Crippen molar-refractivity contribution in [1.82, 2.24) is 0 Å². The molecule has 0 spiro atoms. The van der Waals surface area contributed by atoms with Crippen LogP contribution in [-0.2, 0) is 16.0 Å². The van der Waals surface area contributed by atoms with E-state index in [0.717, 1.165) is 22.4 Å². The average Bonchev–Trinajstić information content (AvgIpc) is 3.06. The van der Waals surface area contributed by atoms with Crippen molar-refractivity contribution in [3.05, 3.63) is 89.5 Å². The largest absolute Gasteiger partial charge is 0.457 e. The Bertz CT molecular complexity index is 1130. The molecule has 3 aromatic rings. The molecule has 1 atom stereocenters. The zero-order chi connectivity index (χ0) is 21.1. The van der Waals surface area contributed by atoms with Gasteiger partial charge in [-0.2, -0.15) is 0 Å². The summed E-state index contributed by atoms with van der Waals surface area (Å²) in [5, 5.41) is 2.87. The van der Waals surface area contributed by atoms with Crippen LogP contribution in [0.5, 0.6) is 11.5 Å². The van der Waals surface area contributed by atoms with Crippen LogP contribution in [0, 0.1) is 0 Å². The standard InChI is InChI=1S/C24H21N3O3.ClH/c25-21(23(26)28)14-16-7-11-18(12-8-16)30-17-9-5-15(6-10-17)13-20-19-3-1-2-4-22(19)27-24(20)29;/h1-13,21H,14,25H2,(H2,26,28)(H,27,29);1H/b20-13+;/t21-;/m0./s1. The number of carbonyl (C=O) groups excluding carboxylic acids is 2. The van der Waals surface area contributed by atoms with Crippen LogP contribution in [0.3, 0.4) is 0 Å². The lowest BCUT2D eigenvalue weighted by molar-refractivity contribution is -0.119. The molecule has 31 heavy (non-hydrogen) atoms. The number of amides is 2. The Kier molecular flexibility index (Phi) is 6.74. The molecule has 2 amide bonds. The molecule has 1 aliphatic heterocycles. The van der Waals surface area contributed by atoms with Gasteiger partial charge in [0.2, 0.25) is 5.91 Å². The van der Waals surface area contributed by atoms with Crippen molar-refractivity contribution >= 4 is 41.6 Å². The third kappa shape index (κ3) is 5.12. The number of anilines is 1. The lowest BCUT2D eigenvalue weighted by atomic mass is 10.0. The van der Waals surface area contributed by atoms with Crippen LogP contribution in [0.25, 0.3) is 11.6 Å². The number of hydrogen-bond donors (Lipinski definition) is 3. The van der Waals surface area contributed by atoms with Crippen molar-refractivity contribution in [1.29, 1.82) is 0 Å². The molecule has 0 fully saturated rings. The molecule has 1 heterocycles. The minimum absolute atomic E-state index is 0. The van der Waals surface area contributed by atoms with Gasteiger partial charge in [-0.25, -0.2) is 0 Å². The topological polar surface area (TPSA) is 107 Å². The fourth-order valence-electron chi connectivity index (χ4n) is 3.27. The van der Waals surface area contributed by atoms with Gasteiger partial charge >= 0.3 is 0 Å². The number of ether oxygens (including phenoxy) is 1. The van der Waals surface area contributed by atoms with Gasteiger partial charge in [0, 0.05) is 16.8 Å². The number of fused-ring (bicyclic) bond motifs is 1. The van der Waals surface area contributed by atoms with Crippen molar-refractivity contribution in [2.45, 2.75) is 12.5 Å². The second-order valence-corrected chi connectivity index (χ2v) is 7.09. The number of benzene rings is 3. The smallest absolute Gasteiger partial charge is 0.256 e. The summed E-state index contributed by atoms with van der Waals surface area (Å²) in [6.45, 7) is 0. The lowest BCUT2D eigenvalue weighted by Gasteiger charge is -2.09. The van der Waals surface area contributed by atoms with E-state index in [4.69, 9.17) is 16.2 Å². The molecular formula is C24H22ClN3O3. The first-order valence-electron chi connectivity index (χ1n) is 9.54. The second kappa shape index (κ2) is 9.47. The average molecular weight is 436 g/mol. The van der Waals surface area contributed by atoms with Crippen LogP contribution in [0.2, 0.25) is 0 Å². The number of para-hydroxylation sites is 1. The summed E-state index contributed by atoms with van der Waals surface area (Å²) in [5.74, 6) is 0.716. The highest BCUT2D eigenvalue weighted by atomic mass is 35.5. The zero-order valence-electron chi connectivity index (χ0n) is 16.6. The van der Waals surface area contributed by atoms with Gasteiger partial charge in [-0.1, -0.05) is 42.5 Å². The van der Waals surface area contributed by atoms with E-state index in [-0.39, 0.29) is 18.3 Å². The van der Waals surface area contributed by atoms with Crippen molar-refractivity contribution in [3.8, 4) is 11.5 Å². The first-order valence-corrected chi connectivity index (χ1v) is 9.54. The quantitative estimate of drug-likeness (QED) is 0.512. The molecule has 5 N–H and O–H groups in total. The first-order chi connectivity index (χ1) is 14.5. The van der Waals surface area contributed by atoms with Crippen molar-refractivity contribution in [3.63, 3.8) is 0 Å². The van der Waals surface area contributed by atoms with Gasteiger partial charge in [0.05, 0.1) is 6.04 Å². The van der Waals surface area contributed by atoms with E-state index in [2.05, 4.69) is 5.32 Å². The normalized spacial score (nSPS) is 14.4. The Morgan fingerprint density at radius 3 is 2.23 bits per heavy atom. The van der Waals surface area contributed by atoms with E-state index in [1.807, 2.05) is 78.9 Å². The fourth-order valence-corrected chi connectivity index (χ4v) is 3.27. The number of primary amides is 1. The molecule has 0 unspecified atom stereocenters. The van der Waals surface area contributed by atoms with Crippen LogP contribution in [0.15, 0.2) is 72.8 Å². The summed E-state index contributed by atoms with van der Waals surface area (Å²) in [6, 6.07) is 21.8. The fraction of sp³-hybridized carbons (Fsp3) is 0.0833. The Balaban J connectivity index is 0.00000272. The molecule has 0 aliphatic carbocycles. The summed E-state index contributed by atoms with van der Waals surface area (Å²) in [4.78, 5) is 23.3. The molecule has 0 aromatic heterocycles. The summed E-state index contributed by atoms with van der Waals surface area (Å²) in [5.41, 5.74) is 15.1. The first kappa shape index (κ1) is 22.1. The van der Waals surface area contributed by atoms with Gasteiger partial charge in [-0.05, 0) is 54.0 Å². The van der Waals surface area contributed by atoms with E-state index in [0.29, 0.717) is 23.5 Å². The Morgan fingerprint density at radius 1 is 0.968 bits per heavy atom. The predicted octanol–water partition coefficient (Wildman–Crippen LogP) is 3.75. The molecule has 6 nitrogen and oxygen atoms in total. The highest BCUT2D eigenvalue weighted by molar-refractivity contribution is 6.34. The van der Waals surface area contributed by atoms with E-state index in [9.17, 15) is 9.59 Å². The maximum absolute atomic E-state index is 12.2. The second-order valence-electron chi connectivity index (χ2n) is 7.09. The van der Waals surface area contributed by atoms with Gasteiger partial charge in [0.1, 0.15) is 11.5 Å². The molecule has 4 rings (SSSR count). The van der Waals surface area contributed by atoms with E-state index >= 15 is 0 Å². The molecular weight excluding hydrogens is 414 g/mol. The summed E-state index contributed by atoms with van der Waals surface area (Å²) < 4.78 is 5.87. The number of halogens is 1. The minimum atomic E-state index is -0.702. The molecule has 0 bridgehead atoms. The summed E-state index contributed by atoms with van der Waals surface area (Å²) in [7, 11) is 0. The van der Waals surface area contributed by atoms with Gasteiger partial charge in [0.15, 0.2) is 0 Å². The molecule has 7 heteroatoms. The highest BCUT2D eigenvalue weighted by Crippen LogP contribution is 2.33. The summed E-state index contributed by atoms with van der Waals surface area (Å²) in [6.07, 6.45) is 2.25. The molecule has 0 saturated carbocycles. The third-order valence-electron chi connectivity index (χ3n) is 4.88. The van der Waals surface area contributed by atoms with E-state index in [1.54, 1.807) is 0 Å². The number of hydrogen-bond acceptors (Lipinski definition) is 4.